The molecule has 0 saturated heterocycles. The molecule has 0 aliphatic rings. The maximum absolute atomic E-state index is 5.58. The minimum absolute atomic E-state index is 0.779. The minimum Gasteiger partial charge on any atom is -0.493 e. The summed E-state index contributed by atoms with van der Waals surface area (Å²) in [6.45, 7) is 20.4. The topological polar surface area (TPSA) is 21.3 Å². The summed E-state index contributed by atoms with van der Waals surface area (Å²) in [5.41, 5.74) is 3.66. The number of rotatable bonds is 7. The molecule has 0 spiro atoms. The zero-order chi connectivity index (χ0) is 18.1. The number of benzene rings is 1. The van der Waals surface area contributed by atoms with Crippen molar-refractivity contribution in [2.24, 2.45) is 0 Å². The highest BCUT2D eigenvalue weighted by atomic mass is 16.5. The van der Waals surface area contributed by atoms with Crippen molar-refractivity contribution in [3.8, 4) is 5.75 Å². The molecule has 0 aliphatic carbocycles. The summed E-state index contributed by atoms with van der Waals surface area (Å²) in [5, 5.41) is 2.90. The van der Waals surface area contributed by atoms with Gasteiger partial charge in [0.25, 0.3) is 0 Å². The average Bonchev–Trinajstić information content (AvgIpc) is 2.61. The molecule has 0 aliphatic heterocycles. The molecule has 0 amide bonds. The van der Waals surface area contributed by atoms with Crippen LogP contribution in [0.5, 0.6) is 5.75 Å². The smallest absolute Gasteiger partial charge is 0.122 e. The first-order valence-corrected chi connectivity index (χ1v) is 8.48. The van der Waals surface area contributed by atoms with E-state index in [0.717, 1.165) is 30.8 Å². The predicted octanol–water partition coefficient (Wildman–Crippen LogP) is 6.49. The van der Waals surface area contributed by atoms with E-state index in [1.807, 2.05) is 44.3 Å². The highest BCUT2D eigenvalue weighted by molar-refractivity contribution is 5.55. The van der Waals surface area contributed by atoms with Crippen molar-refractivity contribution in [1.82, 2.24) is 5.32 Å². The normalized spacial score (nSPS) is 9.57. The third-order valence-corrected chi connectivity index (χ3v) is 3.01. The molecule has 1 aromatic carbocycles. The van der Waals surface area contributed by atoms with Crippen molar-refractivity contribution < 1.29 is 4.74 Å². The van der Waals surface area contributed by atoms with Crippen LogP contribution in [0.2, 0.25) is 0 Å². The van der Waals surface area contributed by atoms with Gasteiger partial charge in [-0.15, -0.1) is 0 Å². The van der Waals surface area contributed by atoms with Crippen LogP contribution in [0.3, 0.4) is 0 Å². The Hall–Kier alpha value is -1.96. The maximum atomic E-state index is 5.58. The van der Waals surface area contributed by atoms with Crippen LogP contribution in [0.4, 0.5) is 0 Å². The Morgan fingerprint density at radius 1 is 1.22 bits per heavy atom. The number of allylic oxidation sites excluding steroid dienone is 1. The minimum atomic E-state index is 0.779. The first-order chi connectivity index (χ1) is 11.1. The zero-order valence-corrected chi connectivity index (χ0v) is 15.9. The number of hydrogen-bond acceptors (Lipinski definition) is 2. The highest BCUT2D eigenvalue weighted by Gasteiger charge is 2.00. The summed E-state index contributed by atoms with van der Waals surface area (Å²) in [5.74, 6) is 0.972. The van der Waals surface area contributed by atoms with Gasteiger partial charge in [-0.3, -0.25) is 0 Å². The fourth-order valence-electron chi connectivity index (χ4n) is 1.52. The lowest BCUT2D eigenvalue weighted by atomic mass is 10.1. The SMILES string of the molecule is C=CN/C=C(\C)CC.C=Cc1cccc(OCCC)c1C.CC. The van der Waals surface area contributed by atoms with Gasteiger partial charge in [-0.05, 0) is 56.3 Å². The van der Waals surface area contributed by atoms with Crippen LogP contribution < -0.4 is 10.1 Å². The lowest BCUT2D eigenvalue weighted by molar-refractivity contribution is 0.315. The first kappa shape index (κ1) is 23.3. The average molecular weight is 318 g/mol. The molecular formula is C21H35NO. The molecule has 0 radical (unpaired) electrons. The van der Waals surface area contributed by atoms with Gasteiger partial charge in [0.05, 0.1) is 6.61 Å². The van der Waals surface area contributed by atoms with Gasteiger partial charge in [0.2, 0.25) is 0 Å². The van der Waals surface area contributed by atoms with Crippen LogP contribution in [0.25, 0.3) is 6.08 Å². The first-order valence-electron chi connectivity index (χ1n) is 8.48. The Morgan fingerprint density at radius 3 is 2.35 bits per heavy atom. The van der Waals surface area contributed by atoms with Crippen LogP contribution in [-0.2, 0) is 0 Å². The zero-order valence-electron chi connectivity index (χ0n) is 15.9. The van der Waals surface area contributed by atoms with E-state index < -0.39 is 0 Å². The quantitative estimate of drug-likeness (QED) is 0.621. The van der Waals surface area contributed by atoms with E-state index >= 15 is 0 Å². The molecule has 0 atom stereocenters. The third kappa shape index (κ3) is 11.3. The molecule has 2 heteroatoms. The van der Waals surface area contributed by atoms with Crippen LogP contribution in [0, 0.1) is 6.92 Å². The van der Waals surface area contributed by atoms with E-state index in [4.69, 9.17) is 4.74 Å². The molecule has 23 heavy (non-hydrogen) atoms. The Bertz CT molecular complexity index is 461. The van der Waals surface area contributed by atoms with Gasteiger partial charge in [-0.25, -0.2) is 0 Å². The van der Waals surface area contributed by atoms with E-state index in [2.05, 4.69) is 46.2 Å². The van der Waals surface area contributed by atoms with Gasteiger partial charge in [0, 0.05) is 0 Å². The summed E-state index contributed by atoms with van der Waals surface area (Å²) in [4.78, 5) is 0. The van der Waals surface area contributed by atoms with Crippen LogP contribution in [0.1, 0.15) is 58.6 Å². The summed E-state index contributed by atoms with van der Waals surface area (Å²) in [6.07, 6.45) is 7.61. The lowest BCUT2D eigenvalue weighted by Crippen LogP contribution is -1.97. The van der Waals surface area contributed by atoms with Gasteiger partial charge in [-0.2, -0.15) is 0 Å². The molecule has 0 fully saturated rings. The molecule has 0 unspecified atom stereocenters. The standard InChI is InChI=1S/C12H16O.C7H13N.C2H6/c1-4-9-13-12-8-6-7-11(5-2)10(12)3;1-4-7(3)6-8-5-2;1-2/h5-8H,2,4,9H2,1,3H3;5-6,8H,2,4H2,1,3H3;1-2H3/b;7-6+;. The second-order valence-electron chi connectivity index (χ2n) is 4.74. The van der Waals surface area contributed by atoms with E-state index in [9.17, 15) is 0 Å². The monoisotopic (exact) mass is 317 g/mol. The number of nitrogens with one attached hydrogen (secondary N) is 1. The predicted molar refractivity (Wildman–Crippen MR) is 106 cm³/mol. The van der Waals surface area contributed by atoms with Gasteiger partial charge in [0.15, 0.2) is 0 Å². The lowest BCUT2D eigenvalue weighted by Gasteiger charge is -2.09. The van der Waals surface area contributed by atoms with Crippen molar-refractivity contribution in [1.29, 1.82) is 0 Å². The molecule has 0 aromatic heterocycles. The van der Waals surface area contributed by atoms with Gasteiger partial charge < -0.3 is 10.1 Å². The third-order valence-electron chi connectivity index (χ3n) is 3.01. The largest absolute Gasteiger partial charge is 0.493 e. The fraction of sp³-hybridized carbons (Fsp3) is 0.429. The Labute approximate surface area is 144 Å². The van der Waals surface area contributed by atoms with Crippen molar-refractivity contribution in [3.63, 3.8) is 0 Å². The van der Waals surface area contributed by atoms with Crippen LogP contribution >= 0.6 is 0 Å². The summed E-state index contributed by atoms with van der Waals surface area (Å²) < 4.78 is 5.58. The molecule has 0 heterocycles. The van der Waals surface area contributed by atoms with Crippen molar-refractivity contribution in [3.05, 3.63) is 60.5 Å². The Kier molecular flexibility index (Phi) is 16.6. The number of ether oxygens (including phenoxy) is 1. The van der Waals surface area contributed by atoms with Crippen LogP contribution in [0.15, 0.2) is 49.3 Å². The summed E-state index contributed by atoms with van der Waals surface area (Å²) in [7, 11) is 0. The number of hydrogen-bond donors (Lipinski definition) is 1. The molecule has 1 rings (SSSR count). The highest BCUT2D eigenvalue weighted by Crippen LogP contribution is 2.21. The van der Waals surface area contributed by atoms with E-state index in [1.54, 1.807) is 6.20 Å². The molecule has 2 nitrogen and oxygen atoms in total. The molecular weight excluding hydrogens is 282 g/mol. The second-order valence-corrected chi connectivity index (χ2v) is 4.74. The van der Waals surface area contributed by atoms with Crippen molar-refractivity contribution >= 4 is 6.08 Å². The molecule has 0 bridgehead atoms. The van der Waals surface area contributed by atoms with Gasteiger partial charge in [0.1, 0.15) is 5.75 Å². The molecule has 1 aromatic rings. The molecule has 130 valence electrons. The van der Waals surface area contributed by atoms with Gasteiger partial charge >= 0.3 is 0 Å². The second kappa shape index (κ2) is 16.4. The Morgan fingerprint density at radius 2 is 1.87 bits per heavy atom. The van der Waals surface area contributed by atoms with E-state index in [0.29, 0.717) is 0 Å². The van der Waals surface area contributed by atoms with E-state index in [-0.39, 0.29) is 0 Å². The molecule has 0 saturated carbocycles. The molecule has 1 N–H and O–H groups in total. The van der Waals surface area contributed by atoms with E-state index in [1.165, 1.54) is 11.1 Å². The van der Waals surface area contributed by atoms with Crippen LogP contribution in [-0.4, -0.2) is 6.61 Å². The van der Waals surface area contributed by atoms with Crippen molar-refractivity contribution in [2.75, 3.05) is 6.61 Å². The fourth-order valence-corrected chi connectivity index (χ4v) is 1.52. The summed E-state index contributed by atoms with van der Waals surface area (Å²) in [6, 6.07) is 6.04. The Balaban J connectivity index is 0. The van der Waals surface area contributed by atoms with Crippen molar-refractivity contribution in [2.45, 2.75) is 54.4 Å². The maximum Gasteiger partial charge on any atom is 0.122 e. The van der Waals surface area contributed by atoms with Gasteiger partial charge in [-0.1, -0.05) is 64.6 Å². The summed E-state index contributed by atoms with van der Waals surface area (Å²) >= 11 is 0.